The molecule has 0 aliphatic carbocycles. The average molecular weight is 716 g/mol. The number of nitrogens with zero attached hydrogens (tertiary/aromatic N) is 1. The van der Waals surface area contributed by atoms with Gasteiger partial charge in [-0.1, -0.05) is 182 Å². The summed E-state index contributed by atoms with van der Waals surface area (Å²) in [5.74, 6) is 0. The lowest BCUT2D eigenvalue weighted by atomic mass is 9.84. The normalized spacial score (nSPS) is 11.2. The second-order valence-corrected chi connectivity index (χ2v) is 14.1. The molecule has 2 heteroatoms. The van der Waals surface area contributed by atoms with Gasteiger partial charge in [0.15, 0.2) is 0 Å². The Labute approximate surface area is 327 Å². The number of hydrogen-bond acceptors (Lipinski definition) is 2. The highest BCUT2D eigenvalue weighted by molar-refractivity contribution is 6.06. The van der Waals surface area contributed by atoms with E-state index in [1.165, 1.54) is 38.9 Å². The van der Waals surface area contributed by atoms with Crippen LogP contribution < -0.4 is 4.90 Å². The second-order valence-electron chi connectivity index (χ2n) is 14.1. The van der Waals surface area contributed by atoms with Gasteiger partial charge in [-0.05, 0) is 86.5 Å². The Balaban J connectivity index is 1.21. The minimum absolute atomic E-state index is 0.859. The molecule has 9 aromatic carbocycles. The molecule has 1 aromatic heterocycles. The molecule has 0 saturated heterocycles. The van der Waals surface area contributed by atoms with Gasteiger partial charge in [0.25, 0.3) is 0 Å². The molecule has 0 radical (unpaired) electrons. The summed E-state index contributed by atoms with van der Waals surface area (Å²) >= 11 is 0. The van der Waals surface area contributed by atoms with Crippen LogP contribution in [0.5, 0.6) is 0 Å². The molecule has 2 nitrogen and oxygen atoms in total. The fraction of sp³-hybridized carbons (Fsp3) is 0. The summed E-state index contributed by atoms with van der Waals surface area (Å²) in [6.07, 6.45) is 0. The third-order valence-electron chi connectivity index (χ3n) is 10.7. The molecule has 10 rings (SSSR count). The van der Waals surface area contributed by atoms with Gasteiger partial charge in [0.2, 0.25) is 0 Å². The number of furan rings is 1. The fourth-order valence-electron chi connectivity index (χ4n) is 8.14. The number of fused-ring (bicyclic) bond motifs is 3. The van der Waals surface area contributed by atoms with E-state index in [0.29, 0.717) is 0 Å². The summed E-state index contributed by atoms with van der Waals surface area (Å²) in [6.45, 7) is 0. The summed E-state index contributed by atoms with van der Waals surface area (Å²) in [6, 6.07) is 80.1. The molecular weight excluding hydrogens is 679 g/mol. The maximum atomic E-state index is 6.46. The van der Waals surface area contributed by atoms with Crippen LogP contribution in [0.25, 0.3) is 77.6 Å². The smallest absolute Gasteiger partial charge is 0.137 e. The van der Waals surface area contributed by atoms with E-state index in [0.717, 1.165) is 55.7 Å². The molecule has 0 atom stereocenters. The Hall–Kier alpha value is -7.42. The van der Waals surface area contributed by atoms with Crippen LogP contribution in [0.3, 0.4) is 0 Å². The lowest BCUT2D eigenvalue weighted by Gasteiger charge is -2.28. The van der Waals surface area contributed by atoms with Crippen LogP contribution in [-0.4, -0.2) is 0 Å². The Morgan fingerprint density at radius 3 is 1.50 bits per heavy atom. The highest BCUT2D eigenvalue weighted by Crippen LogP contribution is 2.47. The second kappa shape index (κ2) is 14.4. The first kappa shape index (κ1) is 33.2. The van der Waals surface area contributed by atoms with Gasteiger partial charge >= 0.3 is 0 Å². The van der Waals surface area contributed by atoms with E-state index >= 15 is 0 Å². The fourth-order valence-corrected chi connectivity index (χ4v) is 8.14. The third kappa shape index (κ3) is 6.04. The van der Waals surface area contributed by atoms with Crippen LogP contribution in [-0.2, 0) is 0 Å². The monoisotopic (exact) mass is 715 g/mol. The maximum absolute atomic E-state index is 6.46. The molecule has 264 valence electrons. The summed E-state index contributed by atoms with van der Waals surface area (Å²) < 4.78 is 6.46. The lowest BCUT2D eigenvalue weighted by Crippen LogP contribution is -2.11. The lowest BCUT2D eigenvalue weighted by molar-refractivity contribution is 0.669. The molecule has 0 spiro atoms. The standard InChI is InChI=1S/C54H37NO/c1-4-18-38(19-5-1)44-26-10-11-29-50(44)54-46(40-22-8-3-9-23-40)30-17-31-47(54)41-24-16-25-42(36-41)55(51-32-14-12-27-45(51)39-20-6-2-7-21-39)43-34-35-49-48-28-13-15-33-52(48)56-53(49)37-43/h1-37H. The van der Waals surface area contributed by atoms with Crippen LogP contribution in [0, 0.1) is 0 Å². The first-order valence-electron chi connectivity index (χ1n) is 19.1. The minimum atomic E-state index is 0.859. The summed E-state index contributed by atoms with van der Waals surface area (Å²) in [4.78, 5) is 2.37. The Morgan fingerprint density at radius 2 is 0.768 bits per heavy atom. The Bertz CT molecular complexity index is 2960. The van der Waals surface area contributed by atoms with Crippen LogP contribution in [0.1, 0.15) is 0 Å². The van der Waals surface area contributed by atoms with Crippen LogP contribution >= 0.6 is 0 Å². The number of rotatable bonds is 8. The summed E-state index contributed by atoms with van der Waals surface area (Å²) in [5, 5.41) is 2.22. The molecule has 1 heterocycles. The zero-order valence-electron chi connectivity index (χ0n) is 30.7. The topological polar surface area (TPSA) is 16.4 Å². The molecule has 0 unspecified atom stereocenters. The van der Waals surface area contributed by atoms with Gasteiger partial charge in [-0.3, -0.25) is 0 Å². The molecule has 0 aliphatic heterocycles. The van der Waals surface area contributed by atoms with Crippen LogP contribution in [0.15, 0.2) is 229 Å². The maximum Gasteiger partial charge on any atom is 0.137 e. The molecule has 0 bridgehead atoms. The van der Waals surface area contributed by atoms with Crippen molar-refractivity contribution in [3.63, 3.8) is 0 Å². The molecule has 56 heavy (non-hydrogen) atoms. The third-order valence-corrected chi connectivity index (χ3v) is 10.7. The molecule has 0 aliphatic rings. The van der Waals surface area contributed by atoms with Crippen molar-refractivity contribution in [2.45, 2.75) is 0 Å². The van der Waals surface area contributed by atoms with Crippen LogP contribution in [0.4, 0.5) is 17.1 Å². The van der Waals surface area contributed by atoms with E-state index in [1.807, 2.05) is 12.1 Å². The summed E-state index contributed by atoms with van der Waals surface area (Å²) in [7, 11) is 0. The van der Waals surface area contributed by atoms with Crippen molar-refractivity contribution in [3.8, 4) is 55.6 Å². The first-order chi connectivity index (χ1) is 27.8. The van der Waals surface area contributed by atoms with Crippen molar-refractivity contribution >= 4 is 39.0 Å². The van der Waals surface area contributed by atoms with E-state index in [2.05, 4.69) is 217 Å². The largest absolute Gasteiger partial charge is 0.456 e. The highest BCUT2D eigenvalue weighted by Gasteiger charge is 2.22. The number of hydrogen-bond donors (Lipinski definition) is 0. The summed E-state index contributed by atoms with van der Waals surface area (Å²) in [5.41, 5.74) is 16.7. The number of benzene rings is 9. The van der Waals surface area contributed by atoms with Gasteiger partial charge in [-0.2, -0.15) is 0 Å². The molecule has 0 saturated carbocycles. The van der Waals surface area contributed by atoms with Crippen molar-refractivity contribution in [1.29, 1.82) is 0 Å². The van der Waals surface area contributed by atoms with Crippen molar-refractivity contribution in [2.24, 2.45) is 0 Å². The van der Waals surface area contributed by atoms with Gasteiger partial charge in [-0.15, -0.1) is 0 Å². The molecule has 10 aromatic rings. The van der Waals surface area contributed by atoms with E-state index in [-0.39, 0.29) is 0 Å². The number of para-hydroxylation sites is 2. The quantitative estimate of drug-likeness (QED) is 0.156. The van der Waals surface area contributed by atoms with E-state index in [4.69, 9.17) is 4.42 Å². The SMILES string of the molecule is c1ccc(-c2ccccc2-c2c(-c3ccccc3)cccc2-c2cccc(N(c3ccc4c(c3)oc3ccccc34)c3ccccc3-c3ccccc3)c2)cc1. The predicted octanol–water partition coefficient (Wildman–Crippen LogP) is 15.4. The van der Waals surface area contributed by atoms with Gasteiger partial charge in [-0.25, -0.2) is 0 Å². The van der Waals surface area contributed by atoms with Crippen LogP contribution in [0.2, 0.25) is 0 Å². The molecule has 0 N–H and O–H groups in total. The van der Waals surface area contributed by atoms with Gasteiger partial charge < -0.3 is 9.32 Å². The zero-order valence-corrected chi connectivity index (χ0v) is 30.7. The minimum Gasteiger partial charge on any atom is -0.456 e. The first-order valence-corrected chi connectivity index (χ1v) is 19.1. The van der Waals surface area contributed by atoms with E-state index in [1.54, 1.807) is 0 Å². The Kier molecular flexibility index (Phi) is 8.55. The molecular formula is C54H37NO. The molecule has 0 amide bonds. The van der Waals surface area contributed by atoms with Gasteiger partial charge in [0.1, 0.15) is 11.2 Å². The van der Waals surface area contributed by atoms with Gasteiger partial charge in [0, 0.05) is 33.8 Å². The van der Waals surface area contributed by atoms with Gasteiger partial charge in [0.05, 0.1) is 5.69 Å². The van der Waals surface area contributed by atoms with Crippen molar-refractivity contribution in [2.75, 3.05) is 4.90 Å². The number of anilines is 3. The average Bonchev–Trinajstić information content (AvgIpc) is 3.65. The Morgan fingerprint density at radius 1 is 0.286 bits per heavy atom. The van der Waals surface area contributed by atoms with Crippen molar-refractivity contribution < 1.29 is 4.42 Å². The predicted molar refractivity (Wildman–Crippen MR) is 236 cm³/mol. The molecule has 0 fully saturated rings. The van der Waals surface area contributed by atoms with E-state index in [9.17, 15) is 0 Å². The highest BCUT2D eigenvalue weighted by atomic mass is 16.3. The zero-order chi connectivity index (χ0) is 37.3. The van der Waals surface area contributed by atoms with E-state index < -0.39 is 0 Å². The van der Waals surface area contributed by atoms with Crippen molar-refractivity contribution in [3.05, 3.63) is 224 Å². The van der Waals surface area contributed by atoms with Crippen molar-refractivity contribution in [1.82, 2.24) is 0 Å².